The van der Waals surface area contributed by atoms with Crippen LogP contribution in [0, 0.1) is 0 Å². The highest BCUT2D eigenvalue weighted by atomic mass is 16.3. The van der Waals surface area contributed by atoms with Crippen molar-refractivity contribution in [2.24, 2.45) is 0 Å². The number of rotatable bonds is 5. The van der Waals surface area contributed by atoms with Gasteiger partial charge in [-0.1, -0.05) is 55.1 Å². The average molecular weight is 277 g/mol. The molecule has 0 saturated carbocycles. The van der Waals surface area contributed by atoms with E-state index in [1.54, 1.807) is 12.3 Å². The molecule has 21 heavy (non-hydrogen) atoms. The van der Waals surface area contributed by atoms with E-state index < -0.39 is 0 Å². The Morgan fingerprint density at radius 1 is 1.05 bits per heavy atom. The molecule has 106 valence electrons. The molecule has 2 aromatic carbocycles. The number of allylic oxidation sites excluding steroid dienone is 5. The highest BCUT2D eigenvalue weighted by molar-refractivity contribution is 5.88. The van der Waals surface area contributed by atoms with Crippen LogP contribution in [0.1, 0.15) is 12.5 Å². The quantitative estimate of drug-likeness (QED) is 0.773. The van der Waals surface area contributed by atoms with Crippen LogP contribution in [0.4, 0.5) is 0 Å². The first kappa shape index (κ1) is 14.7. The van der Waals surface area contributed by atoms with Crippen molar-refractivity contribution < 1.29 is 5.11 Å². The predicted octanol–water partition coefficient (Wildman–Crippen LogP) is 4.75. The summed E-state index contributed by atoms with van der Waals surface area (Å²) in [6.45, 7) is 5.94. The number of hydrogen-bond acceptors (Lipinski definition) is 2. The molecule has 0 saturated heterocycles. The summed E-state index contributed by atoms with van der Waals surface area (Å²) in [5, 5.41) is 15.3. The fourth-order valence-electron chi connectivity index (χ4n) is 1.99. The van der Waals surface area contributed by atoms with E-state index in [2.05, 4.69) is 11.9 Å². The number of hydrogen-bond donors (Lipinski definition) is 2. The Hall–Kier alpha value is -2.74. The molecule has 0 spiro atoms. The zero-order chi connectivity index (χ0) is 15.1. The lowest BCUT2D eigenvalue weighted by molar-refractivity contribution is 0.474. The second kappa shape index (κ2) is 7.15. The third kappa shape index (κ3) is 3.86. The SMILES string of the molecule is C=C(N/C=C/C=C\C=C/C)c1cc2ccccc2cc1O. The molecule has 0 aliphatic heterocycles. The molecule has 2 rings (SSSR count). The molecule has 2 aromatic rings. The van der Waals surface area contributed by atoms with Crippen molar-refractivity contribution in [1.29, 1.82) is 0 Å². The molecule has 0 radical (unpaired) electrons. The summed E-state index contributed by atoms with van der Waals surface area (Å²) in [7, 11) is 0. The van der Waals surface area contributed by atoms with Crippen molar-refractivity contribution in [3.63, 3.8) is 0 Å². The number of fused-ring (bicyclic) bond motifs is 1. The lowest BCUT2D eigenvalue weighted by Crippen LogP contribution is -2.02. The molecular weight excluding hydrogens is 258 g/mol. The van der Waals surface area contributed by atoms with Crippen LogP contribution < -0.4 is 5.32 Å². The van der Waals surface area contributed by atoms with Gasteiger partial charge < -0.3 is 10.4 Å². The van der Waals surface area contributed by atoms with Crippen LogP contribution in [0.3, 0.4) is 0 Å². The molecular formula is C19H19NO. The number of nitrogens with one attached hydrogen (secondary N) is 1. The van der Waals surface area contributed by atoms with E-state index >= 15 is 0 Å². The summed E-state index contributed by atoms with van der Waals surface area (Å²) < 4.78 is 0. The van der Waals surface area contributed by atoms with Crippen molar-refractivity contribution in [2.45, 2.75) is 6.92 Å². The van der Waals surface area contributed by atoms with E-state index in [1.807, 2.05) is 67.6 Å². The van der Waals surface area contributed by atoms with Crippen LogP contribution in [-0.4, -0.2) is 5.11 Å². The van der Waals surface area contributed by atoms with Crippen LogP contribution in [0.15, 0.2) is 79.6 Å². The summed E-state index contributed by atoms with van der Waals surface area (Å²) in [4.78, 5) is 0. The number of phenols is 1. The van der Waals surface area contributed by atoms with E-state index in [-0.39, 0.29) is 5.75 Å². The van der Waals surface area contributed by atoms with Gasteiger partial charge >= 0.3 is 0 Å². The maximum Gasteiger partial charge on any atom is 0.125 e. The monoisotopic (exact) mass is 277 g/mol. The minimum atomic E-state index is 0.226. The fourth-order valence-corrected chi connectivity index (χ4v) is 1.99. The van der Waals surface area contributed by atoms with Gasteiger partial charge in [-0.2, -0.15) is 0 Å². The summed E-state index contributed by atoms with van der Waals surface area (Å²) in [6.07, 6.45) is 11.4. The molecule has 0 amide bonds. The van der Waals surface area contributed by atoms with Crippen molar-refractivity contribution in [2.75, 3.05) is 0 Å². The summed E-state index contributed by atoms with van der Waals surface area (Å²) in [5.74, 6) is 0.226. The predicted molar refractivity (Wildman–Crippen MR) is 90.9 cm³/mol. The Kier molecular flexibility index (Phi) is 4.99. The normalized spacial score (nSPS) is 11.9. The van der Waals surface area contributed by atoms with E-state index in [1.165, 1.54) is 0 Å². The van der Waals surface area contributed by atoms with Crippen molar-refractivity contribution in [1.82, 2.24) is 5.32 Å². The van der Waals surface area contributed by atoms with Crippen molar-refractivity contribution >= 4 is 16.5 Å². The molecule has 0 bridgehead atoms. The summed E-state index contributed by atoms with van der Waals surface area (Å²) in [6, 6.07) is 11.6. The molecule has 0 aliphatic rings. The molecule has 2 N–H and O–H groups in total. The topological polar surface area (TPSA) is 32.3 Å². The van der Waals surface area contributed by atoms with Gasteiger partial charge in [-0.3, -0.25) is 0 Å². The Balaban J connectivity index is 2.14. The van der Waals surface area contributed by atoms with Gasteiger partial charge in [0, 0.05) is 17.5 Å². The lowest BCUT2D eigenvalue weighted by Gasteiger charge is -2.09. The Morgan fingerprint density at radius 3 is 2.43 bits per heavy atom. The first-order chi connectivity index (χ1) is 10.2. The van der Waals surface area contributed by atoms with Crippen LogP contribution in [0.2, 0.25) is 0 Å². The van der Waals surface area contributed by atoms with Gasteiger partial charge in [-0.25, -0.2) is 0 Å². The van der Waals surface area contributed by atoms with Gasteiger partial charge in [-0.05, 0) is 35.9 Å². The number of phenolic OH excluding ortho intramolecular Hbond substituents is 1. The summed E-state index contributed by atoms with van der Waals surface area (Å²) >= 11 is 0. The zero-order valence-corrected chi connectivity index (χ0v) is 12.1. The number of aromatic hydroxyl groups is 1. The average Bonchev–Trinajstić information content (AvgIpc) is 2.49. The van der Waals surface area contributed by atoms with Crippen LogP contribution in [0.5, 0.6) is 5.75 Å². The molecule has 0 atom stereocenters. The van der Waals surface area contributed by atoms with E-state index in [4.69, 9.17) is 0 Å². The Labute approximate surface area is 125 Å². The fraction of sp³-hybridized carbons (Fsp3) is 0.0526. The molecule has 0 aromatic heterocycles. The maximum absolute atomic E-state index is 10.1. The molecule has 0 fully saturated rings. The second-order valence-electron chi connectivity index (χ2n) is 4.61. The highest BCUT2D eigenvalue weighted by Gasteiger charge is 2.06. The molecule has 0 unspecified atom stereocenters. The van der Waals surface area contributed by atoms with Gasteiger partial charge in [0.2, 0.25) is 0 Å². The third-order valence-corrected chi connectivity index (χ3v) is 3.07. The lowest BCUT2D eigenvalue weighted by atomic mass is 10.0. The second-order valence-corrected chi connectivity index (χ2v) is 4.61. The molecule has 0 heterocycles. The first-order valence-electron chi connectivity index (χ1n) is 6.84. The standard InChI is InChI=1S/C19H19NO/c1-3-4-5-6-9-12-20-15(2)18-13-16-10-7-8-11-17(16)14-19(18)21/h3-14,20-21H,2H2,1H3/b4-3-,6-5-,12-9+. The molecule has 2 nitrogen and oxygen atoms in total. The minimum absolute atomic E-state index is 0.226. The minimum Gasteiger partial charge on any atom is -0.507 e. The largest absolute Gasteiger partial charge is 0.507 e. The first-order valence-corrected chi connectivity index (χ1v) is 6.84. The summed E-state index contributed by atoms with van der Waals surface area (Å²) in [5.41, 5.74) is 1.37. The van der Waals surface area contributed by atoms with Crippen molar-refractivity contribution in [3.05, 3.63) is 85.1 Å². The Morgan fingerprint density at radius 2 is 1.71 bits per heavy atom. The van der Waals surface area contributed by atoms with Gasteiger partial charge in [0.25, 0.3) is 0 Å². The van der Waals surface area contributed by atoms with E-state index in [0.717, 1.165) is 10.8 Å². The Bertz CT molecular complexity index is 723. The van der Waals surface area contributed by atoms with Crippen LogP contribution >= 0.6 is 0 Å². The smallest absolute Gasteiger partial charge is 0.125 e. The third-order valence-electron chi connectivity index (χ3n) is 3.07. The molecule has 2 heteroatoms. The van der Waals surface area contributed by atoms with Gasteiger partial charge in [0.05, 0.1) is 0 Å². The van der Waals surface area contributed by atoms with Gasteiger partial charge in [0.1, 0.15) is 5.75 Å². The van der Waals surface area contributed by atoms with Crippen LogP contribution in [-0.2, 0) is 0 Å². The van der Waals surface area contributed by atoms with Crippen LogP contribution in [0.25, 0.3) is 16.5 Å². The van der Waals surface area contributed by atoms with Gasteiger partial charge in [0.15, 0.2) is 0 Å². The van der Waals surface area contributed by atoms with E-state index in [9.17, 15) is 5.11 Å². The zero-order valence-electron chi connectivity index (χ0n) is 12.1. The molecule has 0 aliphatic carbocycles. The van der Waals surface area contributed by atoms with Crippen molar-refractivity contribution in [3.8, 4) is 5.75 Å². The highest BCUT2D eigenvalue weighted by Crippen LogP contribution is 2.28. The maximum atomic E-state index is 10.1. The van der Waals surface area contributed by atoms with Gasteiger partial charge in [-0.15, -0.1) is 0 Å². The number of benzene rings is 2. The van der Waals surface area contributed by atoms with E-state index in [0.29, 0.717) is 11.3 Å².